The summed E-state index contributed by atoms with van der Waals surface area (Å²) in [6, 6.07) is 0.793. The van der Waals surface area contributed by atoms with Crippen molar-refractivity contribution >= 4 is 0 Å². The van der Waals surface area contributed by atoms with Crippen LogP contribution in [0.1, 0.15) is 26.2 Å². The molecule has 2 aliphatic carbocycles. The zero-order chi connectivity index (χ0) is 7.19. The van der Waals surface area contributed by atoms with Crippen LogP contribution in [-0.4, -0.2) is 18.1 Å². The normalized spacial score (nSPS) is 41.4. The summed E-state index contributed by atoms with van der Waals surface area (Å²) in [6.45, 7) is 3.33. The minimum absolute atomic E-state index is 0.197. The van der Waals surface area contributed by atoms with Crippen molar-refractivity contribution in [1.82, 2.24) is 5.32 Å². The number of rotatable bonds is 3. The number of nitrogens with two attached hydrogens (primary N) is 1. The van der Waals surface area contributed by atoms with Crippen molar-refractivity contribution < 1.29 is 0 Å². The third kappa shape index (κ3) is 1.32. The molecule has 0 heterocycles. The van der Waals surface area contributed by atoms with E-state index in [0.29, 0.717) is 0 Å². The number of hydrogen-bond acceptors (Lipinski definition) is 2. The van der Waals surface area contributed by atoms with Crippen molar-refractivity contribution in [3.63, 3.8) is 0 Å². The van der Waals surface area contributed by atoms with Crippen LogP contribution in [0.5, 0.6) is 0 Å². The van der Waals surface area contributed by atoms with Gasteiger partial charge in [-0.05, 0) is 25.2 Å². The monoisotopic (exact) mass is 140 g/mol. The molecule has 58 valence electrons. The second-order valence-electron chi connectivity index (χ2n) is 4.06. The summed E-state index contributed by atoms with van der Waals surface area (Å²) in [5, 5.41) is 3.48. The van der Waals surface area contributed by atoms with E-state index in [2.05, 4.69) is 12.2 Å². The minimum Gasteiger partial charge on any atom is -0.324 e. The molecule has 2 aliphatic rings. The van der Waals surface area contributed by atoms with E-state index in [1.807, 2.05) is 0 Å². The third-order valence-corrected chi connectivity index (χ3v) is 2.72. The molecule has 2 fully saturated rings. The van der Waals surface area contributed by atoms with Gasteiger partial charge in [-0.1, -0.05) is 6.92 Å². The van der Waals surface area contributed by atoms with E-state index < -0.39 is 0 Å². The van der Waals surface area contributed by atoms with E-state index in [0.717, 1.165) is 18.5 Å². The molecule has 0 bridgehead atoms. The highest BCUT2D eigenvalue weighted by atomic mass is 15.0. The van der Waals surface area contributed by atoms with E-state index >= 15 is 0 Å². The van der Waals surface area contributed by atoms with Crippen LogP contribution in [0.4, 0.5) is 0 Å². The van der Waals surface area contributed by atoms with Crippen LogP contribution in [-0.2, 0) is 0 Å². The zero-order valence-corrected chi connectivity index (χ0v) is 6.56. The predicted octanol–water partition coefficient (Wildman–Crippen LogP) is 0.476. The molecule has 0 aromatic heterocycles. The lowest BCUT2D eigenvalue weighted by Gasteiger charge is -2.08. The Morgan fingerprint density at radius 1 is 1.60 bits per heavy atom. The molecule has 2 saturated carbocycles. The van der Waals surface area contributed by atoms with Gasteiger partial charge in [0.25, 0.3) is 0 Å². The molecule has 0 aromatic carbocycles. The van der Waals surface area contributed by atoms with Crippen LogP contribution >= 0.6 is 0 Å². The quantitative estimate of drug-likeness (QED) is 0.598. The smallest absolute Gasteiger partial charge is 0.0282 e. The highest BCUT2D eigenvalue weighted by Gasteiger charge is 2.40. The van der Waals surface area contributed by atoms with Crippen LogP contribution in [0, 0.1) is 5.92 Å². The lowest BCUT2D eigenvalue weighted by Crippen LogP contribution is -2.37. The summed E-state index contributed by atoms with van der Waals surface area (Å²) in [5.41, 5.74) is 6.10. The van der Waals surface area contributed by atoms with Gasteiger partial charge >= 0.3 is 0 Å². The number of nitrogens with one attached hydrogen (secondary N) is 1. The molecule has 2 unspecified atom stereocenters. The fourth-order valence-corrected chi connectivity index (χ4v) is 1.28. The Morgan fingerprint density at radius 2 is 2.20 bits per heavy atom. The molecule has 2 atom stereocenters. The molecule has 10 heavy (non-hydrogen) atoms. The molecule has 0 amide bonds. The minimum atomic E-state index is 0.197. The standard InChI is InChI=1S/C8H16N2/c1-6-4-7(6)10-5-8(9)2-3-8/h6-7,10H,2-5,9H2,1H3. The van der Waals surface area contributed by atoms with Crippen molar-refractivity contribution in [2.75, 3.05) is 6.54 Å². The van der Waals surface area contributed by atoms with Gasteiger partial charge in [0.05, 0.1) is 0 Å². The summed E-state index contributed by atoms with van der Waals surface area (Å²) < 4.78 is 0. The molecule has 0 saturated heterocycles. The Hall–Kier alpha value is -0.0800. The second kappa shape index (κ2) is 1.95. The SMILES string of the molecule is CC1CC1NCC1(N)CC1. The Bertz CT molecular complexity index is 140. The molecular weight excluding hydrogens is 124 g/mol. The molecule has 3 N–H and O–H groups in total. The van der Waals surface area contributed by atoms with E-state index in [-0.39, 0.29) is 5.54 Å². The summed E-state index contributed by atoms with van der Waals surface area (Å²) in [5.74, 6) is 0.905. The van der Waals surface area contributed by atoms with Crippen LogP contribution < -0.4 is 11.1 Å². The predicted molar refractivity (Wildman–Crippen MR) is 41.7 cm³/mol. The summed E-state index contributed by atoms with van der Waals surface area (Å²) in [7, 11) is 0. The van der Waals surface area contributed by atoms with Gasteiger partial charge in [0.2, 0.25) is 0 Å². The molecule has 0 aliphatic heterocycles. The van der Waals surface area contributed by atoms with Gasteiger partial charge in [-0.25, -0.2) is 0 Å². The number of hydrogen-bond donors (Lipinski definition) is 2. The largest absolute Gasteiger partial charge is 0.324 e. The first-order valence-electron chi connectivity index (χ1n) is 4.22. The van der Waals surface area contributed by atoms with Crippen LogP contribution in [0.3, 0.4) is 0 Å². The molecule has 2 nitrogen and oxygen atoms in total. The van der Waals surface area contributed by atoms with Crippen LogP contribution in [0.2, 0.25) is 0 Å². The Labute approximate surface area is 62.2 Å². The maximum Gasteiger partial charge on any atom is 0.0282 e. The molecule has 0 aromatic rings. The third-order valence-electron chi connectivity index (χ3n) is 2.72. The van der Waals surface area contributed by atoms with Gasteiger partial charge in [0.1, 0.15) is 0 Å². The summed E-state index contributed by atoms with van der Waals surface area (Å²) in [4.78, 5) is 0. The average molecular weight is 140 g/mol. The van der Waals surface area contributed by atoms with E-state index in [9.17, 15) is 0 Å². The van der Waals surface area contributed by atoms with Gasteiger partial charge in [-0.2, -0.15) is 0 Å². The van der Waals surface area contributed by atoms with E-state index in [1.165, 1.54) is 19.3 Å². The highest BCUT2D eigenvalue weighted by Crippen LogP contribution is 2.34. The molecule has 2 heteroatoms. The topological polar surface area (TPSA) is 38.0 Å². The Morgan fingerprint density at radius 3 is 2.60 bits per heavy atom. The second-order valence-corrected chi connectivity index (χ2v) is 4.06. The lowest BCUT2D eigenvalue weighted by atomic mass is 10.3. The zero-order valence-electron chi connectivity index (χ0n) is 6.56. The Kier molecular flexibility index (Phi) is 1.29. The molecular formula is C8H16N2. The highest BCUT2D eigenvalue weighted by molar-refractivity contribution is 5.03. The maximum atomic E-state index is 5.91. The first-order valence-corrected chi connectivity index (χ1v) is 4.22. The molecule has 0 spiro atoms. The van der Waals surface area contributed by atoms with Gasteiger partial charge in [-0.15, -0.1) is 0 Å². The van der Waals surface area contributed by atoms with Gasteiger partial charge in [0, 0.05) is 18.1 Å². The van der Waals surface area contributed by atoms with Crippen molar-refractivity contribution in [3.8, 4) is 0 Å². The average Bonchev–Trinajstić information content (AvgIpc) is 2.71. The summed E-state index contributed by atoms with van der Waals surface area (Å²) in [6.07, 6.45) is 3.80. The van der Waals surface area contributed by atoms with Crippen LogP contribution in [0.25, 0.3) is 0 Å². The van der Waals surface area contributed by atoms with Crippen molar-refractivity contribution in [2.45, 2.75) is 37.8 Å². The fraction of sp³-hybridized carbons (Fsp3) is 1.00. The van der Waals surface area contributed by atoms with Gasteiger partial charge in [0.15, 0.2) is 0 Å². The van der Waals surface area contributed by atoms with Gasteiger partial charge in [-0.3, -0.25) is 0 Å². The lowest BCUT2D eigenvalue weighted by molar-refractivity contribution is 0.553. The summed E-state index contributed by atoms with van der Waals surface area (Å²) >= 11 is 0. The first kappa shape index (κ1) is 6.62. The van der Waals surface area contributed by atoms with Crippen LogP contribution in [0.15, 0.2) is 0 Å². The Balaban J connectivity index is 1.64. The maximum absolute atomic E-state index is 5.91. The fourth-order valence-electron chi connectivity index (χ4n) is 1.28. The molecule has 0 radical (unpaired) electrons. The first-order chi connectivity index (χ1) is 4.70. The van der Waals surface area contributed by atoms with E-state index in [1.54, 1.807) is 0 Å². The van der Waals surface area contributed by atoms with Gasteiger partial charge < -0.3 is 11.1 Å². The van der Waals surface area contributed by atoms with Crippen molar-refractivity contribution in [2.24, 2.45) is 11.7 Å². The molecule has 2 rings (SSSR count). The van der Waals surface area contributed by atoms with E-state index in [4.69, 9.17) is 5.73 Å². The van der Waals surface area contributed by atoms with Crippen molar-refractivity contribution in [3.05, 3.63) is 0 Å². The van der Waals surface area contributed by atoms with Crippen molar-refractivity contribution in [1.29, 1.82) is 0 Å².